The number of hydrogen-bond acceptors (Lipinski definition) is 10. The van der Waals surface area contributed by atoms with Gasteiger partial charge in [0.05, 0.1) is 46.1 Å². The zero-order valence-corrected chi connectivity index (χ0v) is 14.3. The predicted octanol–water partition coefficient (Wildman–Crippen LogP) is 1.29. The molecule has 1 aliphatic heterocycles. The molecule has 146 valence electrons. The van der Waals surface area contributed by atoms with E-state index in [2.05, 4.69) is 15.2 Å². The third kappa shape index (κ3) is 4.35. The predicted molar refractivity (Wildman–Crippen MR) is 92.3 cm³/mol. The highest BCUT2D eigenvalue weighted by atomic mass is 16.7. The Balaban J connectivity index is 1.65. The highest BCUT2D eigenvalue weighted by Gasteiger charge is 2.24. The molecular formula is C14H14N8O6. The lowest BCUT2D eigenvalue weighted by Gasteiger charge is -2.31. The third-order valence-corrected chi connectivity index (χ3v) is 3.85. The summed E-state index contributed by atoms with van der Waals surface area (Å²) in [4.78, 5) is 35.4. The van der Waals surface area contributed by atoms with Crippen molar-refractivity contribution in [2.24, 2.45) is 5.28 Å². The van der Waals surface area contributed by atoms with E-state index in [0.717, 1.165) is 18.2 Å². The summed E-state index contributed by atoms with van der Waals surface area (Å²) in [6, 6.07) is 4.37. The van der Waals surface area contributed by atoms with E-state index in [1.54, 1.807) is 18.5 Å². The lowest BCUT2D eigenvalue weighted by Crippen LogP contribution is -2.49. The van der Waals surface area contributed by atoms with Gasteiger partial charge in [0, 0.05) is 25.5 Å². The molecule has 1 aromatic carbocycles. The van der Waals surface area contributed by atoms with Crippen molar-refractivity contribution in [3.8, 4) is 5.75 Å². The summed E-state index contributed by atoms with van der Waals surface area (Å²) in [5, 5.41) is 38.5. The van der Waals surface area contributed by atoms with Crippen LogP contribution in [0.1, 0.15) is 0 Å². The highest BCUT2D eigenvalue weighted by molar-refractivity contribution is 5.49. The Morgan fingerprint density at radius 1 is 0.929 bits per heavy atom. The number of benzene rings is 1. The van der Waals surface area contributed by atoms with Gasteiger partial charge in [0.2, 0.25) is 11.2 Å². The molecule has 0 amide bonds. The molecule has 0 spiro atoms. The first kappa shape index (κ1) is 18.7. The van der Waals surface area contributed by atoms with Crippen LogP contribution in [0, 0.1) is 25.4 Å². The van der Waals surface area contributed by atoms with E-state index in [9.17, 15) is 25.4 Å². The van der Waals surface area contributed by atoms with Gasteiger partial charge < -0.3 is 14.9 Å². The van der Waals surface area contributed by atoms with Gasteiger partial charge >= 0.3 is 0 Å². The monoisotopic (exact) mass is 390 g/mol. The van der Waals surface area contributed by atoms with Crippen molar-refractivity contribution in [1.82, 2.24) is 15.0 Å². The average Bonchev–Trinajstić information content (AvgIpc) is 2.72. The summed E-state index contributed by atoms with van der Waals surface area (Å²) in [7, 11) is 0. The van der Waals surface area contributed by atoms with E-state index >= 15 is 0 Å². The van der Waals surface area contributed by atoms with Crippen LogP contribution in [0.3, 0.4) is 0 Å². The van der Waals surface area contributed by atoms with Crippen molar-refractivity contribution < 1.29 is 19.7 Å². The molecule has 3 rings (SSSR count). The van der Waals surface area contributed by atoms with Crippen molar-refractivity contribution in [1.29, 1.82) is 0 Å². The zero-order valence-electron chi connectivity index (χ0n) is 14.3. The summed E-state index contributed by atoms with van der Waals surface area (Å²) in [6.07, 6.45) is 3.24. The zero-order chi connectivity index (χ0) is 20.1. The van der Waals surface area contributed by atoms with Gasteiger partial charge in [-0.15, -0.1) is 5.01 Å². The molecule has 0 aliphatic carbocycles. The van der Waals surface area contributed by atoms with Crippen molar-refractivity contribution in [2.45, 2.75) is 0 Å². The van der Waals surface area contributed by atoms with Gasteiger partial charge in [0.25, 0.3) is 11.4 Å². The van der Waals surface area contributed by atoms with E-state index < -0.39 is 21.2 Å². The molecule has 0 atom stereocenters. The molecule has 0 saturated carbocycles. The minimum Gasteiger partial charge on any atom is -0.569 e. The number of aromatic nitrogens is 2. The van der Waals surface area contributed by atoms with Crippen LogP contribution in [0.2, 0.25) is 0 Å². The van der Waals surface area contributed by atoms with Crippen molar-refractivity contribution in [3.05, 3.63) is 62.1 Å². The number of anilines is 1. The second-order valence-electron chi connectivity index (χ2n) is 5.61. The molecule has 1 aliphatic rings. The Labute approximate surface area is 157 Å². The smallest absolute Gasteiger partial charge is 0.280 e. The summed E-state index contributed by atoms with van der Waals surface area (Å²) in [5.41, 5.74) is -1.10. The standard InChI is InChI=1S/C14H14N8O6/c23-20(24)11-8-12(21(25)26)10-13(9-11)28-17-22(27)19-6-4-18(5-7-19)14-15-2-1-3-16-14/h1-3,8-10H,4-7H2/b22-17-. The van der Waals surface area contributed by atoms with E-state index in [-0.39, 0.29) is 10.7 Å². The Morgan fingerprint density at radius 2 is 1.50 bits per heavy atom. The maximum atomic E-state index is 12.1. The van der Waals surface area contributed by atoms with Crippen LogP contribution in [-0.2, 0) is 0 Å². The Kier molecular flexibility index (Phi) is 5.38. The second-order valence-corrected chi connectivity index (χ2v) is 5.61. The minimum atomic E-state index is -0.806. The Bertz CT molecular complexity index is 868. The maximum absolute atomic E-state index is 12.1. The normalized spacial score (nSPS) is 14.6. The molecule has 0 unspecified atom stereocenters. The van der Waals surface area contributed by atoms with Crippen molar-refractivity contribution >= 4 is 17.3 Å². The van der Waals surface area contributed by atoms with E-state index in [0.29, 0.717) is 32.1 Å². The van der Waals surface area contributed by atoms with E-state index in [1.165, 1.54) is 5.01 Å². The number of hydrogen-bond donors (Lipinski definition) is 0. The average molecular weight is 390 g/mol. The molecule has 1 fully saturated rings. The summed E-state index contributed by atoms with van der Waals surface area (Å²) >= 11 is 0. The fourth-order valence-electron chi connectivity index (χ4n) is 2.49. The number of non-ortho nitro benzene ring substituents is 2. The minimum absolute atomic E-state index is 0.202. The number of piperazine rings is 1. The van der Waals surface area contributed by atoms with Crippen LogP contribution in [-0.4, -0.2) is 56.0 Å². The van der Waals surface area contributed by atoms with Gasteiger partial charge in [-0.1, -0.05) is 0 Å². The molecule has 2 aromatic rings. The molecule has 0 bridgehead atoms. The second kappa shape index (κ2) is 8.07. The first-order valence-electron chi connectivity index (χ1n) is 8.00. The summed E-state index contributed by atoms with van der Waals surface area (Å²) in [5.74, 6) is 0.259. The lowest BCUT2D eigenvalue weighted by atomic mass is 10.2. The van der Waals surface area contributed by atoms with Gasteiger partial charge in [0.1, 0.15) is 0 Å². The molecule has 1 aromatic heterocycles. The quantitative estimate of drug-likeness (QED) is 0.303. The Morgan fingerprint density at radius 3 is 2.04 bits per heavy atom. The molecule has 0 radical (unpaired) electrons. The van der Waals surface area contributed by atoms with E-state index in [4.69, 9.17) is 4.84 Å². The van der Waals surface area contributed by atoms with Crippen LogP contribution in [0.15, 0.2) is 41.9 Å². The number of nitro benzene ring substituents is 2. The summed E-state index contributed by atoms with van der Waals surface area (Å²) < 4.78 is 0. The molecule has 1 saturated heterocycles. The number of rotatable bonds is 6. The van der Waals surface area contributed by atoms with Crippen LogP contribution >= 0.6 is 0 Å². The van der Waals surface area contributed by atoms with Gasteiger partial charge in [-0.05, 0) is 6.07 Å². The third-order valence-electron chi connectivity index (χ3n) is 3.85. The first-order chi connectivity index (χ1) is 13.4. The molecule has 28 heavy (non-hydrogen) atoms. The SMILES string of the molecule is O=[N+]([O-])c1cc(O/N=[N+](\[O-])N2CCN(c3ncccn3)CC2)cc([N+](=O)[O-])c1. The first-order valence-corrected chi connectivity index (χ1v) is 8.00. The fourth-order valence-corrected chi connectivity index (χ4v) is 2.49. The fraction of sp³-hybridized carbons (Fsp3) is 0.286. The van der Waals surface area contributed by atoms with Gasteiger partial charge in [-0.2, -0.15) is 0 Å². The number of nitro groups is 2. The van der Waals surface area contributed by atoms with Crippen molar-refractivity contribution in [2.75, 3.05) is 31.1 Å². The highest BCUT2D eigenvalue weighted by Crippen LogP contribution is 2.27. The maximum Gasteiger partial charge on any atom is 0.280 e. The molecule has 14 heteroatoms. The van der Waals surface area contributed by atoms with Gasteiger partial charge in [-0.3, -0.25) is 20.2 Å². The molecule has 0 N–H and O–H groups in total. The Hall–Kier alpha value is -4.10. The summed E-state index contributed by atoms with van der Waals surface area (Å²) in [6.45, 7) is 1.56. The number of nitrogens with zero attached hydrogens (tertiary/aromatic N) is 8. The molecular weight excluding hydrogens is 376 g/mol. The number of hydrazine groups is 1. The van der Waals surface area contributed by atoms with Crippen LogP contribution in [0.25, 0.3) is 0 Å². The van der Waals surface area contributed by atoms with E-state index in [1.807, 2.05) is 4.90 Å². The van der Waals surface area contributed by atoms with Crippen LogP contribution in [0.5, 0.6) is 5.75 Å². The van der Waals surface area contributed by atoms with Crippen molar-refractivity contribution in [3.63, 3.8) is 0 Å². The largest absolute Gasteiger partial charge is 0.569 e. The molecule has 2 heterocycles. The van der Waals surface area contributed by atoms with Crippen LogP contribution in [0.4, 0.5) is 17.3 Å². The van der Waals surface area contributed by atoms with Gasteiger partial charge in [-0.25, -0.2) is 9.97 Å². The topological polar surface area (TPSA) is 166 Å². The lowest BCUT2D eigenvalue weighted by molar-refractivity contribution is -0.707. The van der Waals surface area contributed by atoms with Crippen LogP contribution < -0.4 is 9.74 Å². The molecule has 14 nitrogen and oxygen atoms in total. The van der Waals surface area contributed by atoms with Gasteiger partial charge in [0.15, 0.2) is 5.75 Å².